The zero-order valence-electron chi connectivity index (χ0n) is 8.00. The number of carbonyl (C=O) groups is 1. The summed E-state index contributed by atoms with van der Waals surface area (Å²) in [6, 6.07) is 0. The molecule has 0 bridgehead atoms. The number of aromatic nitrogens is 2. The highest BCUT2D eigenvalue weighted by Gasteiger charge is 2.48. The van der Waals surface area contributed by atoms with Crippen molar-refractivity contribution in [1.29, 1.82) is 0 Å². The molecule has 1 aromatic heterocycles. The number of rotatable bonds is 3. The average Bonchev–Trinajstić information content (AvgIpc) is 2.72. The van der Waals surface area contributed by atoms with Crippen molar-refractivity contribution in [2.24, 2.45) is 0 Å². The van der Waals surface area contributed by atoms with Crippen LogP contribution in [0.4, 0.5) is 5.95 Å². The fourth-order valence-corrected chi connectivity index (χ4v) is 1.94. The molecule has 1 saturated carbocycles. The van der Waals surface area contributed by atoms with Gasteiger partial charge in [0.05, 0.1) is 12.1 Å². The predicted octanol–water partition coefficient (Wildman–Crippen LogP) is 0.807. The third-order valence-corrected chi connectivity index (χ3v) is 2.75. The summed E-state index contributed by atoms with van der Waals surface area (Å²) in [5.74, 6) is -0.405. The Labute approximate surface area is 81.3 Å². The van der Waals surface area contributed by atoms with Crippen molar-refractivity contribution in [2.45, 2.75) is 31.6 Å². The summed E-state index contributed by atoms with van der Waals surface area (Å²) >= 11 is 0. The van der Waals surface area contributed by atoms with Crippen LogP contribution in [0.5, 0.6) is 0 Å². The van der Waals surface area contributed by atoms with Gasteiger partial charge in [-0.2, -0.15) is 0 Å². The molecule has 2 rings (SSSR count). The van der Waals surface area contributed by atoms with E-state index in [0.717, 1.165) is 24.2 Å². The lowest BCUT2D eigenvalue weighted by Gasteiger charge is -2.09. The SMILES string of the molecule is Cc1[nH]c(N)nc1C1(CC(=O)O)CC1. The van der Waals surface area contributed by atoms with Crippen LogP contribution in [0.2, 0.25) is 0 Å². The molecule has 5 nitrogen and oxygen atoms in total. The normalized spacial score (nSPS) is 18.1. The number of imidazole rings is 1. The Morgan fingerprint density at radius 2 is 2.36 bits per heavy atom. The Morgan fingerprint density at radius 3 is 2.71 bits per heavy atom. The number of aliphatic carboxylic acids is 1. The maximum Gasteiger partial charge on any atom is 0.304 e. The van der Waals surface area contributed by atoms with Crippen LogP contribution in [0.15, 0.2) is 0 Å². The summed E-state index contributed by atoms with van der Waals surface area (Å²) < 4.78 is 0. The van der Waals surface area contributed by atoms with Crippen LogP contribution in [0.1, 0.15) is 30.7 Å². The summed E-state index contributed by atoms with van der Waals surface area (Å²) in [6.07, 6.45) is 1.94. The molecule has 14 heavy (non-hydrogen) atoms. The van der Waals surface area contributed by atoms with E-state index in [2.05, 4.69) is 9.97 Å². The van der Waals surface area contributed by atoms with E-state index in [9.17, 15) is 4.79 Å². The number of anilines is 1. The fraction of sp³-hybridized carbons (Fsp3) is 0.556. The lowest BCUT2D eigenvalue weighted by Crippen LogP contribution is -2.14. The van der Waals surface area contributed by atoms with Crippen molar-refractivity contribution < 1.29 is 9.90 Å². The van der Waals surface area contributed by atoms with Crippen molar-refractivity contribution in [3.63, 3.8) is 0 Å². The van der Waals surface area contributed by atoms with E-state index in [1.807, 2.05) is 6.92 Å². The molecule has 1 aliphatic rings. The van der Waals surface area contributed by atoms with Gasteiger partial charge in [-0.15, -0.1) is 0 Å². The molecule has 0 aliphatic heterocycles. The molecule has 76 valence electrons. The first kappa shape index (κ1) is 9.05. The zero-order valence-corrected chi connectivity index (χ0v) is 8.00. The van der Waals surface area contributed by atoms with E-state index >= 15 is 0 Å². The number of aryl methyl sites for hydroxylation is 1. The van der Waals surface area contributed by atoms with Gasteiger partial charge in [0, 0.05) is 11.1 Å². The molecule has 0 unspecified atom stereocenters. The first-order valence-corrected chi connectivity index (χ1v) is 4.58. The largest absolute Gasteiger partial charge is 0.481 e. The highest BCUT2D eigenvalue weighted by atomic mass is 16.4. The van der Waals surface area contributed by atoms with Crippen molar-refractivity contribution in [3.05, 3.63) is 11.4 Å². The Kier molecular flexibility index (Phi) is 1.77. The second kappa shape index (κ2) is 2.73. The molecule has 0 radical (unpaired) electrons. The topological polar surface area (TPSA) is 92.0 Å². The van der Waals surface area contributed by atoms with Crippen LogP contribution < -0.4 is 5.73 Å². The van der Waals surface area contributed by atoms with Crippen molar-refractivity contribution >= 4 is 11.9 Å². The molecule has 0 spiro atoms. The summed E-state index contributed by atoms with van der Waals surface area (Å²) in [5, 5.41) is 8.78. The Bertz CT molecular complexity index is 379. The third kappa shape index (κ3) is 1.34. The maximum absolute atomic E-state index is 10.7. The molecule has 1 heterocycles. The number of aromatic amines is 1. The van der Waals surface area contributed by atoms with E-state index in [-0.39, 0.29) is 11.8 Å². The van der Waals surface area contributed by atoms with Crippen molar-refractivity contribution in [2.75, 3.05) is 5.73 Å². The van der Waals surface area contributed by atoms with Gasteiger partial charge in [0.15, 0.2) is 5.95 Å². The van der Waals surface area contributed by atoms with Gasteiger partial charge >= 0.3 is 5.97 Å². The van der Waals surface area contributed by atoms with Crippen LogP contribution in [-0.2, 0) is 10.2 Å². The fourth-order valence-electron chi connectivity index (χ4n) is 1.94. The quantitative estimate of drug-likeness (QED) is 0.665. The highest BCUT2D eigenvalue weighted by molar-refractivity contribution is 5.70. The van der Waals surface area contributed by atoms with Gasteiger partial charge in [-0.1, -0.05) is 0 Å². The Hall–Kier alpha value is -1.52. The van der Waals surface area contributed by atoms with Gasteiger partial charge in [0.2, 0.25) is 0 Å². The van der Waals surface area contributed by atoms with E-state index < -0.39 is 5.97 Å². The molecule has 1 aromatic rings. The predicted molar refractivity (Wildman–Crippen MR) is 50.9 cm³/mol. The molecule has 0 atom stereocenters. The van der Waals surface area contributed by atoms with Gasteiger partial charge in [0.1, 0.15) is 0 Å². The number of nitrogens with two attached hydrogens (primary N) is 1. The number of carboxylic acid groups (broad SMARTS) is 1. The van der Waals surface area contributed by atoms with Crippen LogP contribution in [0, 0.1) is 6.92 Å². The van der Waals surface area contributed by atoms with Gasteiger partial charge in [-0.05, 0) is 19.8 Å². The molecule has 0 aromatic carbocycles. The highest BCUT2D eigenvalue weighted by Crippen LogP contribution is 2.51. The number of nitrogens with one attached hydrogen (secondary N) is 1. The van der Waals surface area contributed by atoms with E-state index in [1.54, 1.807) is 0 Å². The minimum atomic E-state index is -0.775. The molecule has 0 amide bonds. The Balaban J connectivity index is 2.30. The Morgan fingerprint density at radius 1 is 1.71 bits per heavy atom. The minimum absolute atomic E-state index is 0.151. The first-order valence-electron chi connectivity index (χ1n) is 4.58. The average molecular weight is 195 g/mol. The van der Waals surface area contributed by atoms with E-state index in [1.165, 1.54) is 0 Å². The van der Waals surface area contributed by atoms with E-state index in [0.29, 0.717) is 5.95 Å². The molecular weight excluding hydrogens is 182 g/mol. The second-order valence-corrected chi connectivity index (χ2v) is 3.95. The van der Waals surface area contributed by atoms with Crippen LogP contribution >= 0.6 is 0 Å². The minimum Gasteiger partial charge on any atom is -0.481 e. The summed E-state index contributed by atoms with van der Waals surface area (Å²) in [5.41, 5.74) is 7.00. The molecule has 1 fully saturated rings. The lowest BCUT2D eigenvalue weighted by atomic mass is 9.97. The number of hydrogen-bond acceptors (Lipinski definition) is 3. The molecule has 0 saturated heterocycles. The van der Waals surface area contributed by atoms with Gasteiger partial charge in [0.25, 0.3) is 0 Å². The zero-order chi connectivity index (χ0) is 10.3. The molecule has 5 heteroatoms. The van der Waals surface area contributed by atoms with Crippen LogP contribution in [0.25, 0.3) is 0 Å². The molecule has 4 N–H and O–H groups in total. The van der Waals surface area contributed by atoms with Crippen LogP contribution in [-0.4, -0.2) is 21.0 Å². The molecule has 1 aliphatic carbocycles. The lowest BCUT2D eigenvalue weighted by molar-refractivity contribution is -0.137. The van der Waals surface area contributed by atoms with E-state index in [4.69, 9.17) is 10.8 Å². The van der Waals surface area contributed by atoms with Gasteiger partial charge in [-0.25, -0.2) is 4.98 Å². The second-order valence-electron chi connectivity index (χ2n) is 3.95. The molecular formula is C9H13N3O2. The van der Waals surface area contributed by atoms with Gasteiger partial charge < -0.3 is 15.8 Å². The van der Waals surface area contributed by atoms with Crippen molar-refractivity contribution in [1.82, 2.24) is 9.97 Å². The summed E-state index contributed by atoms with van der Waals surface area (Å²) in [4.78, 5) is 17.7. The third-order valence-electron chi connectivity index (χ3n) is 2.75. The van der Waals surface area contributed by atoms with Crippen molar-refractivity contribution in [3.8, 4) is 0 Å². The monoisotopic (exact) mass is 195 g/mol. The number of H-pyrrole nitrogens is 1. The standard InChI is InChI=1S/C9H13N3O2/c1-5-7(12-8(10)11-5)9(2-3-9)4-6(13)14/h2-4H2,1H3,(H,13,14)(H3,10,11,12). The number of hydrogen-bond donors (Lipinski definition) is 3. The first-order chi connectivity index (χ1) is 6.53. The van der Waals surface area contributed by atoms with Gasteiger partial charge in [-0.3, -0.25) is 4.79 Å². The smallest absolute Gasteiger partial charge is 0.304 e. The number of nitrogen functional groups attached to an aromatic ring is 1. The maximum atomic E-state index is 10.7. The summed E-state index contributed by atoms with van der Waals surface area (Å²) in [7, 11) is 0. The number of carboxylic acids is 1. The number of nitrogens with zero attached hydrogens (tertiary/aromatic N) is 1. The summed E-state index contributed by atoms with van der Waals surface area (Å²) in [6.45, 7) is 1.88. The van der Waals surface area contributed by atoms with Crippen LogP contribution in [0.3, 0.4) is 0 Å².